The van der Waals surface area contributed by atoms with E-state index in [2.05, 4.69) is 12.1 Å². The third-order valence-corrected chi connectivity index (χ3v) is 6.38. The fourth-order valence-electron chi connectivity index (χ4n) is 4.38. The van der Waals surface area contributed by atoms with E-state index in [1.807, 2.05) is 42.2 Å². The summed E-state index contributed by atoms with van der Waals surface area (Å²) in [5, 5.41) is 2.29. The second kappa shape index (κ2) is 9.47. The van der Waals surface area contributed by atoms with Gasteiger partial charge in [-0.05, 0) is 36.2 Å². The monoisotopic (exact) mass is 434 g/mol. The van der Waals surface area contributed by atoms with Gasteiger partial charge in [0, 0.05) is 56.7 Å². The largest absolute Gasteiger partial charge is 0.496 e. The minimum absolute atomic E-state index is 0.0173. The quantitative estimate of drug-likeness (QED) is 0.591. The van der Waals surface area contributed by atoms with Gasteiger partial charge in [0.25, 0.3) is 5.56 Å². The molecule has 0 aliphatic carbocycles. The summed E-state index contributed by atoms with van der Waals surface area (Å²) in [4.78, 5) is 26.8. The molecule has 4 rings (SSSR count). The van der Waals surface area contributed by atoms with Crippen LogP contribution in [0.5, 0.6) is 11.5 Å². The standard InChI is InChI=1S/C26H30N2O4/c1-18-16-21(17-26(30)27(18)2)32-20-12-14-28(15-13-20)25(29)11-9-23-22-7-5-4-6-19(22)8-10-24(23)31-3/h4-8,10,16-17,20H,9,11-15H2,1-3H3. The maximum atomic E-state index is 12.9. The average Bonchev–Trinajstić information content (AvgIpc) is 2.81. The Balaban J connectivity index is 1.35. The number of hydrogen-bond donors (Lipinski definition) is 0. The van der Waals surface area contributed by atoms with Crippen LogP contribution in [0.2, 0.25) is 0 Å². The highest BCUT2D eigenvalue weighted by molar-refractivity contribution is 5.88. The van der Waals surface area contributed by atoms with Crippen molar-refractivity contribution in [2.75, 3.05) is 20.2 Å². The fraction of sp³-hybridized carbons (Fsp3) is 0.385. The van der Waals surface area contributed by atoms with Gasteiger partial charge in [-0.15, -0.1) is 0 Å². The third-order valence-electron chi connectivity index (χ3n) is 6.38. The number of fused-ring (bicyclic) bond motifs is 1. The number of pyridine rings is 1. The summed E-state index contributed by atoms with van der Waals surface area (Å²) >= 11 is 0. The van der Waals surface area contributed by atoms with Gasteiger partial charge < -0.3 is 18.9 Å². The molecule has 2 heterocycles. The van der Waals surface area contributed by atoms with Crippen LogP contribution in [-0.2, 0) is 18.3 Å². The topological polar surface area (TPSA) is 60.8 Å². The number of methoxy groups -OCH3 is 1. The van der Waals surface area contributed by atoms with E-state index in [0.717, 1.165) is 40.6 Å². The van der Waals surface area contributed by atoms with Crippen LogP contribution < -0.4 is 15.0 Å². The zero-order valence-electron chi connectivity index (χ0n) is 19.0. The Hall–Kier alpha value is -3.28. The van der Waals surface area contributed by atoms with Gasteiger partial charge in [0.15, 0.2) is 0 Å². The number of nitrogens with zero attached hydrogens (tertiary/aromatic N) is 2. The Morgan fingerprint density at radius 3 is 2.56 bits per heavy atom. The number of carbonyl (C=O) groups excluding carboxylic acids is 1. The summed E-state index contributed by atoms with van der Waals surface area (Å²) in [6, 6.07) is 15.6. The lowest BCUT2D eigenvalue weighted by atomic mass is 9.99. The summed E-state index contributed by atoms with van der Waals surface area (Å²) in [6.45, 7) is 3.22. The van der Waals surface area contributed by atoms with Crippen molar-refractivity contribution in [3.8, 4) is 11.5 Å². The number of piperidine rings is 1. The van der Waals surface area contributed by atoms with Crippen LogP contribution in [0.25, 0.3) is 10.8 Å². The molecule has 2 aromatic carbocycles. The molecule has 0 saturated carbocycles. The maximum absolute atomic E-state index is 12.9. The highest BCUT2D eigenvalue weighted by Gasteiger charge is 2.24. The van der Waals surface area contributed by atoms with Crippen LogP contribution >= 0.6 is 0 Å². The molecule has 1 aliphatic rings. The molecule has 0 unspecified atom stereocenters. The molecule has 0 atom stereocenters. The van der Waals surface area contributed by atoms with Gasteiger partial charge in [-0.1, -0.05) is 30.3 Å². The number of benzene rings is 2. The minimum Gasteiger partial charge on any atom is -0.496 e. The van der Waals surface area contributed by atoms with Gasteiger partial charge >= 0.3 is 0 Å². The lowest BCUT2D eigenvalue weighted by Crippen LogP contribution is -2.42. The number of hydrogen-bond acceptors (Lipinski definition) is 4. The molecule has 6 nitrogen and oxygen atoms in total. The smallest absolute Gasteiger partial charge is 0.254 e. The molecule has 1 aromatic heterocycles. The van der Waals surface area contributed by atoms with Gasteiger partial charge in [0.05, 0.1) is 7.11 Å². The number of likely N-dealkylation sites (tertiary alicyclic amines) is 1. The zero-order chi connectivity index (χ0) is 22.7. The molecular formula is C26H30N2O4. The van der Waals surface area contributed by atoms with Crippen molar-refractivity contribution in [1.82, 2.24) is 9.47 Å². The van der Waals surface area contributed by atoms with Crippen molar-refractivity contribution in [3.63, 3.8) is 0 Å². The van der Waals surface area contributed by atoms with Crippen molar-refractivity contribution in [1.29, 1.82) is 0 Å². The van der Waals surface area contributed by atoms with Crippen LogP contribution in [0.1, 0.15) is 30.5 Å². The van der Waals surface area contributed by atoms with Gasteiger partial charge in [-0.25, -0.2) is 0 Å². The Morgan fingerprint density at radius 2 is 1.84 bits per heavy atom. The fourth-order valence-corrected chi connectivity index (χ4v) is 4.38. The highest BCUT2D eigenvalue weighted by atomic mass is 16.5. The average molecular weight is 435 g/mol. The number of aromatic nitrogens is 1. The van der Waals surface area contributed by atoms with E-state index in [-0.39, 0.29) is 17.6 Å². The SMILES string of the molecule is COc1ccc2ccccc2c1CCC(=O)N1CCC(Oc2cc(C)n(C)c(=O)c2)CC1. The molecule has 0 bridgehead atoms. The van der Waals surface area contributed by atoms with Gasteiger partial charge in [0.2, 0.25) is 5.91 Å². The predicted octanol–water partition coefficient (Wildman–Crippen LogP) is 3.86. The van der Waals surface area contributed by atoms with Crippen LogP contribution in [-0.4, -0.2) is 41.7 Å². The Kier molecular flexibility index (Phi) is 6.49. The van der Waals surface area contributed by atoms with E-state index < -0.39 is 0 Å². The lowest BCUT2D eigenvalue weighted by Gasteiger charge is -2.32. The molecule has 6 heteroatoms. The molecule has 0 radical (unpaired) electrons. The van der Waals surface area contributed by atoms with E-state index in [0.29, 0.717) is 31.7 Å². The molecule has 1 amide bonds. The normalized spacial score (nSPS) is 14.5. The van der Waals surface area contributed by atoms with E-state index in [4.69, 9.17) is 9.47 Å². The van der Waals surface area contributed by atoms with Crippen molar-refractivity contribution >= 4 is 16.7 Å². The number of aryl methyl sites for hydroxylation is 2. The second-order valence-electron chi connectivity index (χ2n) is 8.40. The second-order valence-corrected chi connectivity index (χ2v) is 8.40. The molecule has 0 N–H and O–H groups in total. The Bertz CT molecular complexity index is 1180. The number of ether oxygens (including phenoxy) is 2. The first kappa shape index (κ1) is 21.9. The van der Waals surface area contributed by atoms with E-state index in [1.54, 1.807) is 18.7 Å². The van der Waals surface area contributed by atoms with Crippen LogP contribution in [0, 0.1) is 6.92 Å². The predicted molar refractivity (Wildman–Crippen MR) is 125 cm³/mol. The molecule has 1 fully saturated rings. The summed E-state index contributed by atoms with van der Waals surface area (Å²) in [5.41, 5.74) is 1.87. The van der Waals surface area contributed by atoms with Crippen LogP contribution in [0.15, 0.2) is 53.3 Å². The van der Waals surface area contributed by atoms with E-state index in [9.17, 15) is 9.59 Å². The maximum Gasteiger partial charge on any atom is 0.254 e. The number of amides is 1. The summed E-state index contributed by atoms with van der Waals surface area (Å²) in [5.74, 6) is 1.59. The number of carbonyl (C=O) groups is 1. The van der Waals surface area contributed by atoms with Gasteiger partial charge in [0.1, 0.15) is 17.6 Å². The first-order chi connectivity index (χ1) is 15.5. The minimum atomic E-state index is -0.0727. The van der Waals surface area contributed by atoms with Gasteiger partial charge in [-0.3, -0.25) is 9.59 Å². The molecule has 1 aliphatic heterocycles. The molecule has 0 spiro atoms. The number of rotatable bonds is 6. The van der Waals surface area contributed by atoms with Crippen molar-refractivity contribution in [3.05, 3.63) is 70.1 Å². The van der Waals surface area contributed by atoms with E-state index >= 15 is 0 Å². The van der Waals surface area contributed by atoms with Gasteiger partial charge in [-0.2, -0.15) is 0 Å². The van der Waals surface area contributed by atoms with Crippen molar-refractivity contribution in [2.24, 2.45) is 7.05 Å². The van der Waals surface area contributed by atoms with E-state index in [1.165, 1.54) is 6.07 Å². The molecule has 168 valence electrons. The molecular weight excluding hydrogens is 404 g/mol. The first-order valence-electron chi connectivity index (χ1n) is 11.1. The summed E-state index contributed by atoms with van der Waals surface area (Å²) < 4.78 is 13.2. The van der Waals surface area contributed by atoms with Crippen molar-refractivity contribution in [2.45, 2.75) is 38.7 Å². The first-order valence-corrected chi connectivity index (χ1v) is 11.1. The Labute approximate surface area is 188 Å². The highest BCUT2D eigenvalue weighted by Crippen LogP contribution is 2.29. The lowest BCUT2D eigenvalue weighted by molar-refractivity contribution is -0.132. The third kappa shape index (κ3) is 4.64. The Morgan fingerprint density at radius 1 is 1.09 bits per heavy atom. The summed E-state index contributed by atoms with van der Waals surface area (Å²) in [6.07, 6.45) is 2.63. The van der Waals surface area contributed by atoms with Crippen LogP contribution in [0.4, 0.5) is 0 Å². The van der Waals surface area contributed by atoms with Crippen LogP contribution in [0.3, 0.4) is 0 Å². The van der Waals surface area contributed by atoms with Crippen molar-refractivity contribution < 1.29 is 14.3 Å². The zero-order valence-corrected chi connectivity index (χ0v) is 19.0. The molecule has 3 aromatic rings. The molecule has 32 heavy (non-hydrogen) atoms. The molecule has 1 saturated heterocycles. The summed E-state index contributed by atoms with van der Waals surface area (Å²) in [7, 11) is 3.42.